The molecular formula is C20H16N2O4S. The molecule has 27 heavy (non-hydrogen) atoms. The Morgan fingerprint density at radius 2 is 2.11 bits per heavy atom. The van der Waals surface area contributed by atoms with Crippen LogP contribution in [0.5, 0.6) is 17.2 Å². The summed E-state index contributed by atoms with van der Waals surface area (Å²) in [5.41, 5.74) is 2.36. The van der Waals surface area contributed by atoms with Gasteiger partial charge in [-0.25, -0.2) is 0 Å². The van der Waals surface area contributed by atoms with Crippen molar-refractivity contribution in [2.75, 3.05) is 6.61 Å². The minimum Gasteiger partial charge on any atom is -0.493 e. The first kappa shape index (κ1) is 17.4. The first-order chi connectivity index (χ1) is 13.0. The summed E-state index contributed by atoms with van der Waals surface area (Å²) >= 11 is 1.04. The van der Waals surface area contributed by atoms with Gasteiger partial charge in [-0.15, -0.1) is 0 Å². The molecule has 2 heterocycles. The summed E-state index contributed by atoms with van der Waals surface area (Å²) in [4.78, 5) is 23.6. The molecule has 4 rings (SSSR count). The number of imide groups is 1. The third kappa shape index (κ3) is 3.36. The van der Waals surface area contributed by atoms with Crippen molar-refractivity contribution in [1.29, 1.82) is 5.26 Å². The van der Waals surface area contributed by atoms with E-state index < -0.39 is 5.25 Å². The minimum atomic E-state index is -0.423. The molecule has 0 bridgehead atoms. The second-order valence-corrected chi connectivity index (χ2v) is 7.57. The van der Waals surface area contributed by atoms with E-state index in [0.717, 1.165) is 22.9 Å². The molecule has 7 heteroatoms. The van der Waals surface area contributed by atoms with Crippen LogP contribution in [0.1, 0.15) is 29.0 Å². The number of nitrogens with zero attached hydrogens (tertiary/aromatic N) is 1. The molecule has 0 aliphatic carbocycles. The average Bonchev–Trinajstić information content (AvgIpc) is 3.00. The van der Waals surface area contributed by atoms with Crippen molar-refractivity contribution < 1.29 is 19.1 Å². The van der Waals surface area contributed by atoms with Crippen LogP contribution in [-0.4, -0.2) is 23.0 Å². The Kier molecular flexibility index (Phi) is 4.50. The van der Waals surface area contributed by atoms with Crippen molar-refractivity contribution in [2.24, 2.45) is 0 Å². The molecule has 2 aromatic carbocycles. The molecule has 2 atom stereocenters. The molecule has 2 aromatic rings. The zero-order valence-corrected chi connectivity index (χ0v) is 15.3. The van der Waals surface area contributed by atoms with Crippen LogP contribution in [-0.2, 0) is 4.79 Å². The van der Waals surface area contributed by atoms with Gasteiger partial charge in [-0.2, -0.15) is 5.26 Å². The highest BCUT2D eigenvalue weighted by molar-refractivity contribution is 8.15. The molecule has 2 aliphatic rings. The van der Waals surface area contributed by atoms with Gasteiger partial charge in [0.15, 0.2) is 0 Å². The van der Waals surface area contributed by atoms with E-state index in [0.29, 0.717) is 35.8 Å². The van der Waals surface area contributed by atoms with Crippen molar-refractivity contribution in [1.82, 2.24) is 5.32 Å². The number of thioether (sulfide) groups is 1. The Morgan fingerprint density at radius 3 is 2.81 bits per heavy atom. The summed E-state index contributed by atoms with van der Waals surface area (Å²) in [6, 6.07) is 12.9. The van der Waals surface area contributed by atoms with E-state index >= 15 is 0 Å². The molecule has 136 valence electrons. The lowest BCUT2D eigenvalue weighted by atomic mass is 9.89. The number of carbonyl (C=O) groups excluding carboxylic acids is 2. The van der Waals surface area contributed by atoms with Gasteiger partial charge in [0.05, 0.1) is 18.2 Å². The van der Waals surface area contributed by atoms with Crippen LogP contribution in [0, 0.1) is 18.3 Å². The SMILES string of the molecule is Cc1cc(C#N)ccc1Oc1ccc2c(c1)OCC[C@H]2C1SC(=O)NC1=O. The zero-order chi connectivity index (χ0) is 19.0. The first-order valence-corrected chi connectivity index (χ1v) is 9.40. The number of nitriles is 1. The number of fused-ring (bicyclic) bond motifs is 1. The number of hydrogen-bond donors (Lipinski definition) is 1. The van der Waals surface area contributed by atoms with E-state index in [-0.39, 0.29) is 17.1 Å². The van der Waals surface area contributed by atoms with Gasteiger partial charge < -0.3 is 9.47 Å². The number of hydrogen-bond acceptors (Lipinski definition) is 6. The summed E-state index contributed by atoms with van der Waals surface area (Å²) < 4.78 is 11.7. The van der Waals surface area contributed by atoms with Gasteiger partial charge in [0.2, 0.25) is 5.91 Å². The number of aryl methyl sites for hydroxylation is 1. The summed E-state index contributed by atoms with van der Waals surface area (Å²) in [6.07, 6.45) is 0.681. The van der Waals surface area contributed by atoms with Crippen molar-refractivity contribution in [3.8, 4) is 23.3 Å². The minimum absolute atomic E-state index is 0.0732. The monoisotopic (exact) mass is 380 g/mol. The van der Waals surface area contributed by atoms with Gasteiger partial charge in [0, 0.05) is 12.0 Å². The molecule has 1 fully saturated rings. The van der Waals surface area contributed by atoms with Gasteiger partial charge >= 0.3 is 0 Å². The Hall–Kier alpha value is -2.98. The smallest absolute Gasteiger partial charge is 0.286 e. The highest BCUT2D eigenvalue weighted by Crippen LogP contribution is 2.43. The molecule has 1 saturated heterocycles. The zero-order valence-electron chi connectivity index (χ0n) is 14.5. The van der Waals surface area contributed by atoms with Crippen molar-refractivity contribution in [3.05, 3.63) is 53.1 Å². The summed E-state index contributed by atoms with van der Waals surface area (Å²) in [5, 5.41) is 10.6. The number of carbonyl (C=O) groups is 2. The lowest BCUT2D eigenvalue weighted by Crippen LogP contribution is -2.31. The van der Waals surface area contributed by atoms with Crippen LogP contribution in [0.2, 0.25) is 0 Å². The van der Waals surface area contributed by atoms with E-state index in [9.17, 15) is 9.59 Å². The molecule has 0 aromatic heterocycles. The molecule has 0 radical (unpaired) electrons. The number of rotatable bonds is 3. The van der Waals surface area contributed by atoms with Crippen LogP contribution in [0.25, 0.3) is 0 Å². The Labute approximate surface area is 160 Å². The maximum absolute atomic E-state index is 12.1. The molecule has 2 aliphatic heterocycles. The number of nitrogens with one attached hydrogen (secondary N) is 1. The Morgan fingerprint density at radius 1 is 1.26 bits per heavy atom. The lowest BCUT2D eigenvalue weighted by Gasteiger charge is -2.28. The molecule has 1 N–H and O–H groups in total. The molecule has 1 unspecified atom stereocenters. The van der Waals surface area contributed by atoms with Crippen LogP contribution in [0.15, 0.2) is 36.4 Å². The molecule has 0 spiro atoms. The quantitative estimate of drug-likeness (QED) is 0.869. The highest BCUT2D eigenvalue weighted by Gasteiger charge is 2.40. The van der Waals surface area contributed by atoms with Crippen LogP contribution >= 0.6 is 11.8 Å². The maximum atomic E-state index is 12.1. The van der Waals surface area contributed by atoms with Crippen LogP contribution in [0.3, 0.4) is 0 Å². The van der Waals surface area contributed by atoms with E-state index in [2.05, 4.69) is 11.4 Å². The fourth-order valence-electron chi connectivity index (χ4n) is 3.37. The molecular weight excluding hydrogens is 364 g/mol. The summed E-state index contributed by atoms with van der Waals surface area (Å²) in [6.45, 7) is 2.36. The largest absolute Gasteiger partial charge is 0.493 e. The number of amides is 2. The average molecular weight is 380 g/mol. The molecule has 6 nitrogen and oxygen atoms in total. The fraction of sp³-hybridized carbons (Fsp3) is 0.250. The van der Waals surface area contributed by atoms with Gasteiger partial charge in [-0.3, -0.25) is 14.9 Å². The Balaban J connectivity index is 1.59. The Bertz CT molecular complexity index is 982. The predicted octanol–water partition coefficient (Wildman–Crippen LogP) is 3.88. The van der Waals surface area contributed by atoms with Crippen molar-refractivity contribution in [3.63, 3.8) is 0 Å². The number of benzene rings is 2. The van der Waals surface area contributed by atoms with Gasteiger partial charge in [0.1, 0.15) is 22.5 Å². The van der Waals surface area contributed by atoms with E-state index in [1.807, 2.05) is 19.1 Å². The summed E-state index contributed by atoms with van der Waals surface area (Å²) in [7, 11) is 0. The van der Waals surface area contributed by atoms with Crippen molar-refractivity contribution >= 4 is 22.9 Å². The second kappa shape index (κ2) is 6.97. The van der Waals surface area contributed by atoms with E-state index in [1.54, 1.807) is 24.3 Å². The van der Waals surface area contributed by atoms with Crippen molar-refractivity contribution in [2.45, 2.75) is 24.5 Å². The van der Waals surface area contributed by atoms with E-state index in [4.69, 9.17) is 14.7 Å². The van der Waals surface area contributed by atoms with Crippen LogP contribution in [0.4, 0.5) is 4.79 Å². The normalized spacial score (nSPS) is 21.0. The predicted molar refractivity (Wildman–Crippen MR) is 100 cm³/mol. The first-order valence-electron chi connectivity index (χ1n) is 8.52. The summed E-state index contributed by atoms with van der Waals surface area (Å²) in [5.74, 6) is 1.63. The maximum Gasteiger partial charge on any atom is 0.286 e. The topological polar surface area (TPSA) is 88.4 Å². The second-order valence-electron chi connectivity index (χ2n) is 6.45. The van der Waals surface area contributed by atoms with E-state index in [1.165, 1.54) is 0 Å². The lowest BCUT2D eigenvalue weighted by molar-refractivity contribution is -0.119. The van der Waals surface area contributed by atoms with Gasteiger partial charge in [-0.1, -0.05) is 17.8 Å². The molecule has 2 amide bonds. The van der Waals surface area contributed by atoms with Gasteiger partial charge in [-0.05, 0) is 48.7 Å². The van der Waals surface area contributed by atoms with Crippen LogP contribution < -0.4 is 14.8 Å². The highest BCUT2D eigenvalue weighted by atomic mass is 32.2. The third-order valence-electron chi connectivity index (χ3n) is 4.69. The van der Waals surface area contributed by atoms with Gasteiger partial charge in [0.25, 0.3) is 5.24 Å². The third-order valence-corrected chi connectivity index (χ3v) is 5.80. The number of ether oxygens (including phenoxy) is 2. The molecule has 0 saturated carbocycles. The fourth-order valence-corrected chi connectivity index (χ4v) is 4.37. The standard InChI is InChI=1S/C20H16N2O4S/c1-11-8-12(10-21)2-5-16(11)26-13-3-4-14-15(6-7-25-17(14)9-13)18-19(23)22-20(24)27-18/h2-5,8-9,15,18H,6-7H2,1H3,(H,22,23,24)/t15-,18?/m1/s1.